The zero-order chi connectivity index (χ0) is 17.6. The number of halogens is 1. The fourth-order valence-corrected chi connectivity index (χ4v) is 3.78. The van der Waals surface area contributed by atoms with Crippen molar-refractivity contribution in [2.75, 3.05) is 0 Å². The van der Waals surface area contributed by atoms with Crippen LogP contribution in [0.25, 0.3) is 0 Å². The molecule has 7 heteroatoms. The van der Waals surface area contributed by atoms with Gasteiger partial charge in [0.1, 0.15) is 5.82 Å². The van der Waals surface area contributed by atoms with Crippen LogP contribution in [0.15, 0.2) is 53.9 Å². The Morgan fingerprint density at radius 1 is 0.920 bits per heavy atom. The number of hydrogen-bond acceptors (Lipinski definition) is 4. The number of ketones is 1. The molecule has 0 radical (unpaired) electrons. The molecule has 3 aromatic rings. The highest BCUT2D eigenvalue weighted by Gasteiger charge is 2.13. The zero-order valence-corrected chi connectivity index (χ0v) is 14.8. The molecular weight excluding hydrogens is 359 g/mol. The SMILES string of the molecule is O=C(NCc1ccc(F)cc1)NCc1ccc(C(=O)c2cccs2)s1. The standard InChI is InChI=1S/C18H15FN2O2S2/c19-13-5-3-12(4-6-13)10-20-18(23)21-11-14-7-8-16(25-14)17(22)15-2-1-9-24-15/h1-9H,10-11H2,(H2,20,21,23). The van der Waals surface area contributed by atoms with Crippen molar-refractivity contribution < 1.29 is 14.0 Å². The summed E-state index contributed by atoms with van der Waals surface area (Å²) in [4.78, 5) is 26.3. The molecule has 0 unspecified atom stereocenters. The van der Waals surface area contributed by atoms with Gasteiger partial charge in [0, 0.05) is 11.4 Å². The van der Waals surface area contributed by atoms with E-state index in [0.29, 0.717) is 22.8 Å². The maximum absolute atomic E-state index is 12.8. The average molecular weight is 374 g/mol. The first-order valence-electron chi connectivity index (χ1n) is 7.55. The molecule has 0 bridgehead atoms. The summed E-state index contributed by atoms with van der Waals surface area (Å²) in [7, 11) is 0. The number of rotatable bonds is 6. The van der Waals surface area contributed by atoms with Crippen LogP contribution >= 0.6 is 22.7 Å². The summed E-state index contributed by atoms with van der Waals surface area (Å²) in [5, 5.41) is 7.32. The highest BCUT2D eigenvalue weighted by Crippen LogP contribution is 2.22. The molecule has 128 valence electrons. The quantitative estimate of drug-likeness (QED) is 0.636. The Balaban J connectivity index is 1.47. The number of carbonyl (C=O) groups excluding carboxylic acids is 2. The van der Waals surface area contributed by atoms with Crippen molar-refractivity contribution in [3.8, 4) is 0 Å². The minimum Gasteiger partial charge on any atom is -0.334 e. The van der Waals surface area contributed by atoms with Gasteiger partial charge in [0.25, 0.3) is 0 Å². The topological polar surface area (TPSA) is 58.2 Å². The second-order valence-corrected chi connectivity index (χ2v) is 7.35. The van der Waals surface area contributed by atoms with Crippen LogP contribution in [-0.2, 0) is 13.1 Å². The Morgan fingerprint density at radius 2 is 1.68 bits per heavy atom. The van der Waals surface area contributed by atoms with Crippen molar-refractivity contribution in [2.45, 2.75) is 13.1 Å². The number of thiophene rings is 2. The largest absolute Gasteiger partial charge is 0.334 e. The number of carbonyl (C=O) groups is 2. The predicted molar refractivity (Wildman–Crippen MR) is 97.5 cm³/mol. The second kappa shape index (κ2) is 8.04. The molecule has 2 heterocycles. The highest BCUT2D eigenvalue weighted by molar-refractivity contribution is 7.16. The molecule has 0 atom stereocenters. The highest BCUT2D eigenvalue weighted by atomic mass is 32.1. The Hall–Kier alpha value is -2.51. The number of urea groups is 1. The lowest BCUT2D eigenvalue weighted by Crippen LogP contribution is -2.34. The summed E-state index contributed by atoms with van der Waals surface area (Å²) < 4.78 is 12.8. The van der Waals surface area contributed by atoms with E-state index in [9.17, 15) is 14.0 Å². The first kappa shape index (κ1) is 17.3. The predicted octanol–water partition coefficient (Wildman–Crippen LogP) is 4.18. The van der Waals surface area contributed by atoms with Gasteiger partial charge in [-0.1, -0.05) is 18.2 Å². The summed E-state index contributed by atoms with van der Waals surface area (Å²) in [5.74, 6) is -0.300. The first-order valence-corrected chi connectivity index (χ1v) is 9.24. The van der Waals surface area contributed by atoms with Crippen LogP contribution in [0.3, 0.4) is 0 Å². The van der Waals surface area contributed by atoms with Crippen LogP contribution in [0.5, 0.6) is 0 Å². The van der Waals surface area contributed by atoms with Crippen LogP contribution in [-0.4, -0.2) is 11.8 Å². The van der Waals surface area contributed by atoms with E-state index in [1.54, 1.807) is 24.3 Å². The fraction of sp³-hybridized carbons (Fsp3) is 0.111. The monoisotopic (exact) mass is 374 g/mol. The molecule has 4 nitrogen and oxygen atoms in total. The van der Waals surface area contributed by atoms with E-state index in [1.807, 2.05) is 17.5 Å². The second-order valence-electron chi connectivity index (χ2n) is 5.24. The average Bonchev–Trinajstić information content (AvgIpc) is 3.30. The molecule has 2 aromatic heterocycles. The van der Waals surface area contributed by atoms with Crippen molar-refractivity contribution in [1.29, 1.82) is 0 Å². The third-order valence-electron chi connectivity index (χ3n) is 3.42. The lowest BCUT2D eigenvalue weighted by Gasteiger charge is -2.06. The minimum atomic E-state index is -0.316. The van der Waals surface area contributed by atoms with E-state index in [4.69, 9.17) is 0 Å². The third-order valence-corrected chi connectivity index (χ3v) is 5.37. The molecule has 0 saturated carbocycles. The number of benzene rings is 1. The lowest BCUT2D eigenvalue weighted by molar-refractivity contribution is 0.104. The molecule has 1 aromatic carbocycles. The van der Waals surface area contributed by atoms with Gasteiger partial charge in [-0.3, -0.25) is 4.79 Å². The van der Waals surface area contributed by atoms with Gasteiger partial charge in [-0.2, -0.15) is 0 Å². The molecule has 0 spiro atoms. The Kier molecular flexibility index (Phi) is 5.57. The van der Waals surface area contributed by atoms with Gasteiger partial charge in [-0.05, 0) is 41.3 Å². The smallest absolute Gasteiger partial charge is 0.315 e. The fourth-order valence-electron chi connectivity index (χ4n) is 2.14. The molecule has 0 aliphatic rings. The van der Waals surface area contributed by atoms with Gasteiger partial charge in [0.05, 0.1) is 16.3 Å². The van der Waals surface area contributed by atoms with Crippen LogP contribution in [0.2, 0.25) is 0 Å². The molecule has 2 N–H and O–H groups in total. The van der Waals surface area contributed by atoms with Gasteiger partial charge in [0.2, 0.25) is 5.78 Å². The molecule has 0 aliphatic heterocycles. The van der Waals surface area contributed by atoms with E-state index in [1.165, 1.54) is 34.8 Å². The molecule has 0 aliphatic carbocycles. The van der Waals surface area contributed by atoms with Crippen molar-refractivity contribution in [2.24, 2.45) is 0 Å². The van der Waals surface area contributed by atoms with E-state index < -0.39 is 0 Å². The van der Waals surface area contributed by atoms with E-state index >= 15 is 0 Å². The number of hydrogen-bond donors (Lipinski definition) is 2. The van der Waals surface area contributed by atoms with E-state index in [0.717, 1.165) is 10.4 Å². The summed E-state index contributed by atoms with van der Waals surface area (Å²) in [5.41, 5.74) is 0.816. The summed E-state index contributed by atoms with van der Waals surface area (Å²) in [6, 6.07) is 12.9. The maximum atomic E-state index is 12.8. The summed E-state index contributed by atoms with van der Waals surface area (Å²) >= 11 is 2.78. The number of nitrogens with one attached hydrogen (secondary N) is 2. The molecule has 25 heavy (non-hydrogen) atoms. The van der Waals surface area contributed by atoms with Gasteiger partial charge < -0.3 is 10.6 Å². The normalized spacial score (nSPS) is 10.4. The van der Waals surface area contributed by atoms with Gasteiger partial charge in [-0.15, -0.1) is 22.7 Å². The van der Waals surface area contributed by atoms with Gasteiger partial charge >= 0.3 is 6.03 Å². The lowest BCUT2D eigenvalue weighted by atomic mass is 10.2. The Morgan fingerprint density at radius 3 is 2.40 bits per heavy atom. The van der Waals surface area contributed by atoms with E-state index in [2.05, 4.69) is 10.6 Å². The van der Waals surface area contributed by atoms with Crippen LogP contribution in [0.1, 0.15) is 25.0 Å². The summed E-state index contributed by atoms with van der Waals surface area (Å²) in [6.07, 6.45) is 0. The molecular formula is C18H15FN2O2S2. The zero-order valence-electron chi connectivity index (χ0n) is 13.1. The van der Waals surface area contributed by atoms with Crippen molar-refractivity contribution in [3.05, 3.63) is 79.9 Å². The van der Waals surface area contributed by atoms with Crippen molar-refractivity contribution in [3.63, 3.8) is 0 Å². The van der Waals surface area contributed by atoms with Gasteiger partial charge in [0.15, 0.2) is 0 Å². The molecule has 0 fully saturated rings. The molecule has 0 saturated heterocycles. The Bertz CT molecular complexity index is 858. The van der Waals surface area contributed by atoms with Crippen LogP contribution in [0, 0.1) is 5.82 Å². The molecule has 3 rings (SSSR count). The maximum Gasteiger partial charge on any atom is 0.315 e. The first-order chi connectivity index (χ1) is 12.1. The van der Waals surface area contributed by atoms with E-state index in [-0.39, 0.29) is 17.6 Å². The molecule has 2 amide bonds. The van der Waals surface area contributed by atoms with Crippen molar-refractivity contribution in [1.82, 2.24) is 10.6 Å². The summed E-state index contributed by atoms with van der Waals surface area (Å²) in [6.45, 7) is 0.663. The van der Waals surface area contributed by atoms with Gasteiger partial charge in [-0.25, -0.2) is 9.18 Å². The van der Waals surface area contributed by atoms with Crippen LogP contribution in [0.4, 0.5) is 9.18 Å². The van der Waals surface area contributed by atoms with Crippen molar-refractivity contribution >= 4 is 34.5 Å². The van der Waals surface area contributed by atoms with Crippen LogP contribution < -0.4 is 10.6 Å². The number of amides is 2. The third kappa shape index (κ3) is 4.74. The Labute approximate surface area is 152 Å². The minimum absolute atomic E-state index is 0.00649.